The number of hydrogen-bond donors (Lipinski definition) is 0. The lowest BCUT2D eigenvalue weighted by Crippen LogP contribution is -2.69. The van der Waals surface area contributed by atoms with Crippen LogP contribution in [0.15, 0.2) is 60.7 Å². The summed E-state index contributed by atoms with van der Waals surface area (Å²) in [6.45, 7) is 13.9. The lowest BCUT2D eigenvalue weighted by atomic mass is 9.98. The van der Waals surface area contributed by atoms with E-state index < -0.39 is 13.9 Å². The summed E-state index contributed by atoms with van der Waals surface area (Å²) >= 11 is 2.43. The van der Waals surface area contributed by atoms with Crippen LogP contribution in [0, 0.1) is 5.92 Å². The molecule has 0 bridgehead atoms. The van der Waals surface area contributed by atoms with Crippen LogP contribution >= 0.6 is 22.6 Å². The van der Waals surface area contributed by atoms with Crippen molar-refractivity contribution in [1.29, 1.82) is 0 Å². The largest absolute Gasteiger partial charge is 0.444 e. The fourth-order valence-corrected chi connectivity index (χ4v) is 10.1. The number of carbonyl (C=O) groups excluding carboxylic acids is 1. The first-order chi connectivity index (χ1) is 15.5. The van der Waals surface area contributed by atoms with E-state index in [0.29, 0.717) is 12.5 Å². The van der Waals surface area contributed by atoms with Crippen LogP contribution in [-0.4, -0.2) is 48.5 Å². The van der Waals surface area contributed by atoms with Gasteiger partial charge in [-0.05, 0) is 48.5 Å². The molecule has 0 aliphatic carbocycles. The minimum absolute atomic E-state index is 0.0441. The summed E-state index contributed by atoms with van der Waals surface area (Å²) in [5.41, 5.74) is -0.511. The molecule has 1 saturated heterocycles. The smallest absolute Gasteiger partial charge is 0.410 e. The number of amides is 1. The zero-order valence-electron chi connectivity index (χ0n) is 20.8. The van der Waals surface area contributed by atoms with Crippen LogP contribution in [0.3, 0.4) is 0 Å². The summed E-state index contributed by atoms with van der Waals surface area (Å²) in [4.78, 5) is 14.8. The van der Waals surface area contributed by atoms with Gasteiger partial charge in [0, 0.05) is 17.5 Å². The van der Waals surface area contributed by atoms with Crippen molar-refractivity contribution in [2.45, 2.75) is 64.7 Å². The van der Waals surface area contributed by atoms with Crippen molar-refractivity contribution in [2.24, 2.45) is 5.92 Å². The molecule has 2 atom stereocenters. The van der Waals surface area contributed by atoms with E-state index in [9.17, 15) is 4.79 Å². The number of ether oxygens (including phenoxy) is 1. The number of likely N-dealkylation sites (tertiary alicyclic amines) is 1. The number of alkyl halides is 1. The Morgan fingerprint density at radius 1 is 0.939 bits per heavy atom. The van der Waals surface area contributed by atoms with E-state index >= 15 is 0 Å². The van der Waals surface area contributed by atoms with Crippen LogP contribution in [0.2, 0.25) is 5.04 Å². The van der Waals surface area contributed by atoms with Crippen LogP contribution < -0.4 is 10.4 Å². The molecule has 3 rings (SSSR count). The fraction of sp³-hybridized carbons (Fsp3) is 0.519. The molecule has 1 fully saturated rings. The van der Waals surface area contributed by atoms with Crippen LogP contribution in [0.5, 0.6) is 0 Å². The first-order valence-electron chi connectivity index (χ1n) is 11.8. The molecule has 0 spiro atoms. The molecule has 33 heavy (non-hydrogen) atoms. The van der Waals surface area contributed by atoms with Crippen molar-refractivity contribution >= 4 is 47.4 Å². The summed E-state index contributed by atoms with van der Waals surface area (Å²) in [7, 11) is -2.67. The van der Waals surface area contributed by atoms with E-state index in [-0.39, 0.29) is 17.2 Å². The summed E-state index contributed by atoms with van der Waals surface area (Å²) in [6.07, 6.45) is 0.664. The van der Waals surface area contributed by atoms with Gasteiger partial charge in [0.1, 0.15) is 5.60 Å². The van der Waals surface area contributed by atoms with Gasteiger partial charge >= 0.3 is 6.09 Å². The predicted octanol–water partition coefficient (Wildman–Crippen LogP) is 5.62. The number of benzene rings is 2. The Hall–Kier alpha value is -1.38. The van der Waals surface area contributed by atoms with Gasteiger partial charge in [0.15, 0.2) is 0 Å². The topological polar surface area (TPSA) is 38.8 Å². The summed E-state index contributed by atoms with van der Waals surface area (Å²) in [5.74, 6) is 0.384. The van der Waals surface area contributed by atoms with Gasteiger partial charge in [0.05, 0.1) is 6.10 Å². The van der Waals surface area contributed by atoms with Crippen molar-refractivity contribution < 1.29 is 14.0 Å². The van der Waals surface area contributed by atoms with E-state index in [1.165, 1.54) is 10.4 Å². The van der Waals surface area contributed by atoms with Crippen LogP contribution in [0.25, 0.3) is 0 Å². The van der Waals surface area contributed by atoms with Crippen molar-refractivity contribution in [3.63, 3.8) is 0 Å². The number of carbonyl (C=O) groups is 1. The maximum atomic E-state index is 13.0. The van der Waals surface area contributed by atoms with Gasteiger partial charge in [-0.3, -0.25) is 0 Å². The van der Waals surface area contributed by atoms with E-state index in [0.717, 1.165) is 17.4 Å². The summed E-state index contributed by atoms with van der Waals surface area (Å²) in [6, 6.07) is 21.4. The zero-order valence-corrected chi connectivity index (χ0v) is 24.0. The molecule has 0 N–H and O–H groups in total. The number of hydrogen-bond acceptors (Lipinski definition) is 3. The minimum Gasteiger partial charge on any atom is -0.444 e. The average molecular weight is 580 g/mol. The van der Waals surface area contributed by atoms with E-state index in [1.807, 2.05) is 25.7 Å². The Bertz CT molecular complexity index is 869. The van der Waals surface area contributed by atoms with Gasteiger partial charge in [-0.25, -0.2) is 4.79 Å². The molecular formula is C27H38INO3Si. The van der Waals surface area contributed by atoms with Crippen LogP contribution in [0.4, 0.5) is 4.79 Å². The summed E-state index contributed by atoms with van der Waals surface area (Å²) in [5, 5.41) is 2.44. The second kappa shape index (κ2) is 10.5. The van der Waals surface area contributed by atoms with Crippen molar-refractivity contribution in [1.82, 2.24) is 4.90 Å². The van der Waals surface area contributed by atoms with Gasteiger partial charge in [-0.15, -0.1) is 0 Å². The lowest BCUT2D eigenvalue weighted by Gasteiger charge is -2.47. The third kappa shape index (κ3) is 6.20. The Morgan fingerprint density at radius 3 is 1.88 bits per heavy atom. The molecule has 0 radical (unpaired) electrons. The van der Waals surface area contributed by atoms with Gasteiger partial charge in [-0.1, -0.05) is 104 Å². The number of nitrogens with zero attached hydrogens (tertiary/aromatic N) is 1. The Kier molecular flexibility index (Phi) is 8.33. The first kappa shape index (κ1) is 26.2. The molecule has 1 aliphatic heterocycles. The quantitative estimate of drug-likeness (QED) is 0.262. The van der Waals surface area contributed by atoms with Gasteiger partial charge in [0.2, 0.25) is 0 Å². The molecule has 4 nitrogen and oxygen atoms in total. The average Bonchev–Trinajstić information content (AvgIpc) is 2.76. The van der Waals surface area contributed by atoms with Crippen molar-refractivity contribution in [3.8, 4) is 0 Å². The summed E-state index contributed by atoms with van der Waals surface area (Å²) < 4.78 is 14.1. The van der Waals surface area contributed by atoms with Crippen molar-refractivity contribution in [3.05, 3.63) is 60.7 Å². The standard InChI is InChI=1S/C27H38INO3Si/c1-26(2,3)31-25(30)29-19-21(18-28)17-22(20-29)32-33(27(4,5)6,23-13-9-7-10-14-23)24-15-11-8-12-16-24/h7-16,21-22H,17-20H2,1-6H3/t21-,22+/m0/s1. The van der Waals surface area contributed by atoms with Crippen LogP contribution in [-0.2, 0) is 9.16 Å². The highest BCUT2D eigenvalue weighted by atomic mass is 127. The highest BCUT2D eigenvalue weighted by Crippen LogP contribution is 2.39. The molecule has 180 valence electrons. The van der Waals surface area contributed by atoms with Gasteiger partial charge < -0.3 is 14.1 Å². The molecule has 0 saturated carbocycles. The second-order valence-corrected chi connectivity index (χ2v) is 16.2. The third-order valence-electron chi connectivity index (χ3n) is 6.13. The Morgan fingerprint density at radius 2 is 1.45 bits per heavy atom. The Balaban J connectivity index is 2.02. The molecule has 2 aromatic rings. The highest BCUT2D eigenvalue weighted by molar-refractivity contribution is 14.1. The SMILES string of the molecule is CC(C)(C)OC(=O)N1C[C@H](CI)C[C@@H](O[Si](c2ccccc2)(c2ccccc2)C(C)(C)C)C1. The molecule has 0 aromatic heterocycles. The van der Waals surface area contributed by atoms with E-state index in [2.05, 4.69) is 104 Å². The number of piperidine rings is 1. The van der Waals surface area contributed by atoms with Crippen LogP contribution in [0.1, 0.15) is 48.0 Å². The fourth-order valence-electron chi connectivity index (χ4n) is 4.77. The van der Waals surface area contributed by atoms with Gasteiger partial charge in [0.25, 0.3) is 8.32 Å². The molecule has 2 aromatic carbocycles. The minimum atomic E-state index is -2.67. The molecule has 6 heteroatoms. The lowest BCUT2D eigenvalue weighted by molar-refractivity contribution is -0.00146. The first-order valence-corrected chi connectivity index (χ1v) is 15.2. The maximum absolute atomic E-state index is 13.0. The maximum Gasteiger partial charge on any atom is 0.410 e. The number of rotatable bonds is 5. The molecule has 1 aliphatic rings. The number of halogens is 1. The highest BCUT2D eigenvalue weighted by Gasteiger charge is 2.52. The predicted molar refractivity (Wildman–Crippen MR) is 147 cm³/mol. The van der Waals surface area contributed by atoms with E-state index in [4.69, 9.17) is 9.16 Å². The van der Waals surface area contributed by atoms with Gasteiger partial charge in [-0.2, -0.15) is 0 Å². The molecule has 0 unspecified atom stereocenters. The normalized spacial score (nSPS) is 19.9. The van der Waals surface area contributed by atoms with E-state index in [1.54, 1.807) is 0 Å². The molecule has 1 heterocycles. The monoisotopic (exact) mass is 579 g/mol. The zero-order chi connectivity index (χ0) is 24.3. The molecular weight excluding hydrogens is 541 g/mol. The Labute approximate surface area is 214 Å². The third-order valence-corrected chi connectivity index (χ3v) is 12.5. The molecule has 1 amide bonds. The second-order valence-electron chi connectivity index (χ2n) is 11.0. The van der Waals surface area contributed by atoms with Crippen molar-refractivity contribution in [2.75, 3.05) is 17.5 Å².